The smallest absolute Gasteiger partial charge is 0.107 e. The van der Waals surface area contributed by atoms with Gasteiger partial charge in [-0.3, -0.25) is 0 Å². The minimum Gasteiger partial charge on any atom is -0.245 e. The van der Waals surface area contributed by atoms with Gasteiger partial charge in [-0.2, -0.15) is 0 Å². The molecule has 1 fully saturated rings. The second-order valence-corrected chi connectivity index (χ2v) is 4.94. The zero-order valence-corrected chi connectivity index (χ0v) is 8.78. The van der Waals surface area contributed by atoms with Crippen molar-refractivity contribution in [1.29, 1.82) is 0 Å². The molecule has 0 amide bonds. The summed E-state index contributed by atoms with van der Waals surface area (Å²) in [6.07, 6.45) is 2.74. The Balaban J connectivity index is 2.14. The molecule has 11 heavy (non-hydrogen) atoms. The summed E-state index contributed by atoms with van der Waals surface area (Å²) in [5.74, 6) is 0.862. The zero-order valence-electron chi connectivity index (χ0n) is 6.38. The molecule has 0 bridgehead atoms. The number of aryl methyl sites for hydroxylation is 1. The van der Waals surface area contributed by atoms with Crippen LogP contribution in [0.5, 0.6) is 0 Å². The molecule has 0 radical (unpaired) electrons. The number of hydrogen-bond acceptors (Lipinski definition) is 2. The third-order valence-corrected chi connectivity index (χ3v) is 4.44. The van der Waals surface area contributed by atoms with E-state index in [4.69, 9.17) is 0 Å². The molecule has 3 heteroatoms. The topological polar surface area (TPSA) is 12.9 Å². The molecular weight excluding hydrogens is 222 g/mol. The van der Waals surface area contributed by atoms with Gasteiger partial charge in [0.25, 0.3) is 0 Å². The maximum absolute atomic E-state index is 4.44. The molecule has 1 atom stereocenters. The van der Waals surface area contributed by atoms with Gasteiger partial charge in [0.1, 0.15) is 5.01 Å². The van der Waals surface area contributed by atoms with Crippen molar-refractivity contribution in [2.75, 3.05) is 0 Å². The monoisotopic (exact) mass is 231 g/mol. The van der Waals surface area contributed by atoms with E-state index < -0.39 is 0 Å². The predicted octanol–water partition coefficient (Wildman–Crippen LogP) is 3.30. The Morgan fingerprint density at radius 1 is 1.73 bits per heavy atom. The fourth-order valence-corrected chi connectivity index (χ4v) is 2.91. The molecule has 1 aromatic rings. The van der Waals surface area contributed by atoms with Gasteiger partial charge >= 0.3 is 0 Å². The van der Waals surface area contributed by atoms with Crippen molar-refractivity contribution in [3.8, 4) is 0 Å². The first-order chi connectivity index (χ1) is 5.27. The zero-order chi connectivity index (χ0) is 7.84. The van der Waals surface area contributed by atoms with Gasteiger partial charge < -0.3 is 0 Å². The highest BCUT2D eigenvalue weighted by atomic mass is 79.9. The first-order valence-electron chi connectivity index (χ1n) is 3.83. The third kappa shape index (κ3) is 1.64. The van der Waals surface area contributed by atoms with Crippen molar-refractivity contribution < 1.29 is 0 Å². The van der Waals surface area contributed by atoms with Crippen molar-refractivity contribution >= 4 is 27.3 Å². The van der Waals surface area contributed by atoms with E-state index >= 15 is 0 Å². The van der Waals surface area contributed by atoms with Gasteiger partial charge in [0.05, 0.1) is 4.83 Å². The SMILES string of the molecule is Cc1csc(C(Br)C2CC2)n1. The van der Waals surface area contributed by atoms with E-state index in [0.29, 0.717) is 4.83 Å². The summed E-state index contributed by atoms with van der Waals surface area (Å²) < 4.78 is 0. The highest BCUT2D eigenvalue weighted by Gasteiger charge is 2.31. The first kappa shape index (κ1) is 7.74. The lowest BCUT2D eigenvalue weighted by Gasteiger charge is -2.01. The molecule has 1 heterocycles. The van der Waals surface area contributed by atoms with Gasteiger partial charge in [-0.05, 0) is 25.7 Å². The van der Waals surface area contributed by atoms with Crippen LogP contribution in [0, 0.1) is 12.8 Å². The minimum atomic E-state index is 0.529. The van der Waals surface area contributed by atoms with Crippen LogP contribution in [-0.2, 0) is 0 Å². The Hall–Kier alpha value is 0.110. The summed E-state index contributed by atoms with van der Waals surface area (Å²) in [4.78, 5) is 4.97. The van der Waals surface area contributed by atoms with Crippen LogP contribution in [0.15, 0.2) is 5.38 Å². The summed E-state index contributed by atoms with van der Waals surface area (Å²) in [5.41, 5.74) is 1.15. The van der Waals surface area contributed by atoms with Crippen molar-refractivity contribution in [2.45, 2.75) is 24.6 Å². The summed E-state index contributed by atoms with van der Waals surface area (Å²) in [6, 6.07) is 0. The lowest BCUT2D eigenvalue weighted by atomic mass is 10.3. The number of aromatic nitrogens is 1. The average Bonchev–Trinajstić information content (AvgIpc) is 2.74. The van der Waals surface area contributed by atoms with Crippen LogP contribution >= 0.6 is 27.3 Å². The van der Waals surface area contributed by atoms with E-state index in [1.54, 1.807) is 11.3 Å². The Bertz CT molecular complexity index is 254. The summed E-state index contributed by atoms with van der Waals surface area (Å²) in [6.45, 7) is 2.05. The number of alkyl halides is 1. The van der Waals surface area contributed by atoms with Gasteiger partial charge in [0, 0.05) is 11.1 Å². The molecule has 1 aliphatic rings. The van der Waals surface area contributed by atoms with E-state index in [2.05, 4.69) is 26.3 Å². The Labute approximate surface area is 79.0 Å². The van der Waals surface area contributed by atoms with Gasteiger partial charge in [0.2, 0.25) is 0 Å². The molecule has 1 aliphatic carbocycles. The molecule has 1 aromatic heterocycles. The maximum atomic E-state index is 4.44. The Morgan fingerprint density at radius 3 is 2.91 bits per heavy atom. The quantitative estimate of drug-likeness (QED) is 0.713. The lowest BCUT2D eigenvalue weighted by molar-refractivity contribution is 0.811. The van der Waals surface area contributed by atoms with Gasteiger partial charge in [-0.25, -0.2) is 4.98 Å². The van der Waals surface area contributed by atoms with Gasteiger partial charge in [-0.1, -0.05) is 15.9 Å². The van der Waals surface area contributed by atoms with Crippen LogP contribution in [0.1, 0.15) is 28.4 Å². The van der Waals surface area contributed by atoms with E-state index in [1.165, 1.54) is 17.8 Å². The fraction of sp³-hybridized carbons (Fsp3) is 0.625. The largest absolute Gasteiger partial charge is 0.245 e. The number of hydrogen-bond donors (Lipinski definition) is 0. The number of halogens is 1. The van der Waals surface area contributed by atoms with E-state index in [1.807, 2.05) is 6.92 Å². The average molecular weight is 232 g/mol. The number of nitrogens with zero attached hydrogens (tertiary/aromatic N) is 1. The van der Waals surface area contributed by atoms with E-state index in [9.17, 15) is 0 Å². The van der Waals surface area contributed by atoms with Crippen LogP contribution in [0.4, 0.5) is 0 Å². The minimum absolute atomic E-state index is 0.529. The standard InChI is InChI=1S/C8H10BrNS/c1-5-4-11-8(10-5)7(9)6-2-3-6/h4,6-7H,2-3H2,1H3. The Morgan fingerprint density at radius 2 is 2.45 bits per heavy atom. The van der Waals surface area contributed by atoms with Crippen molar-refractivity contribution in [3.05, 3.63) is 16.1 Å². The first-order valence-corrected chi connectivity index (χ1v) is 5.63. The van der Waals surface area contributed by atoms with E-state index in [0.717, 1.165) is 11.6 Å². The molecule has 1 saturated carbocycles. The molecule has 0 aromatic carbocycles. The van der Waals surface area contributed by atoms with Crippen molar-refractivity contribution in [1.82, 2.24) is 4.98 Å². The molecule has 0 spiro atoms. The number of thiazole rings is 1. The molecule has 60 valence electrons. The molecule has 1 unspecified atom stereocenters. The molecular formula is C8H10BrNS. The third-order valence-electron chi connectivity index (χ3n) is 1.91. The highest BCUT2D eigenvalue weighted by molar-refractivity contribution is 9.09. The molecule has 0 aliphatic heterocycles. The second kappa shape index (κ2) is 2.87. The van der Waals surface area contributed by atoms with Gasteiger partial charge in [-0.15, -0.1) is 11.3 Å². The van der Waals surface area contributed by atoms with Crippen molar-refractivity contribution in [2.24, 2.45) is 5.92 Å². The van der Waals surface area contributed by atoms with Crippen LogP contribution in [0.3, 0.4) is 0 Å². The molecule has 1 nitrogen and oxygen atoms in total. The van der Waals surface area contributed by atoms with Gasteiger partial charge in [0.15, 0.2) is 0 Å². The summed E-state index contributed by atoms with van der Waals surface area (Å²) in [7, 11) is 0. The van der Waals surface area contributed by atoms with Crippen LogP contribution in [0.2, 0.25) is 0 Å². The lowest BCUT2D eigenvalue weighted by Crippen LogP contribution is -1.90. The highest BCUT2D eigenvalue weighted by Crippen LogP contribution is 2.46. The van der Waals surface area contributed by atoms with Crippen LogP contribution in [0.25, 0.3) is 0 Å². The normalized spacial score (nSPS) is 20.2. The molecule has 0 N–H and O–H groups in total. The Kier molecular flexibility index (Phi) is 2.02. The predicted molar refractivity (Wildman–Crippen MR) is 51.2 cm³/mol. The maximum Gasteiger partial charge on any atom is 0.107 e. The molecule has 0 saturated heterocycles. The molecule has 2 rings (SSSR count). The second-order valence-electron chi connectivity index (χ2n) is 3.07. The van der Waals surface area contributed by atoms with Crippen LogP contribution < -0.4 is 0 Å². The summed E-state index contributed by atoms with van der Waals surface area (Å²) in [5, 5.41) is 3.37. The van der Waals surface area contributed by atoms with Crippen LogP contribution in [-0.4, -0.2) is 4.98 Å². The van der Waals surface area contributed by atoms with Crippen molar-refractivity contribution in [3.63, 3.8) is 0 Å². The number of rotatable bonds is 2. The summed E-state index contributed by atoms with van der Waals surface area (Å²) >= 11 is 5.44. The van der Waals surface area contributed by atoms with E-state index in [-0.39, 0.29) is 0 Å². The fourth-order valence-electron chi connectivity index (χ4n) is 1.09.